The Bertz CT molecular complexity index is 1030. The molecule has 0 unspecified atom stereocenters. The summed E-state index contributed by atoms with van der Waals surface area (Å²) in [4.78, 5) is 20.9. The van der Waals surface area contributed by atoms with Gasteiger partial charge in [-0.1, -0.05) is 397 Å². The molecule has 0 bridgehead atoms. The Hall–Kier alpha value is -1.58. The molecule has 0 saturated carbocycles. The average Bonchev–Trinajstić information content (AvgIpc) is 3.39. The molecule has 0 aliphatic heterocycles. The summed E-state index contributed by atoms with van der Waals surface area (Å²) in [5.74, 6) is -1.66. The van der Waals surface area contributed by atoms with Gasteiger partial charge >= 0.3 is 11.9 Å². The summed E-state index contributed by atoms with van der Waals surface area (Å²) in [6, 6.07) is 0. The highest BCUT2D eigenvalue weighted by atomic mass is 16.4. The smallest absolute Gasteiger partial charge is 0.327 e. The van der Waals surface area contributed by atoms with Crippen LogP contribution in [-0.4, -0.2) is 22.2 Å². The SMILES string of the molecule is O=C(O)C=CCCCCCCCCCCCCCCCCCCCCCCCCCCCCCCCCCCCCCCCCCCCCCCCCCCCCCCCCCCCCCCCCC=CC(=O)O. The Morgan fingerprint density at radius 2 is 0.243 bits per heavy atom. The lowest BCUT2D eigenvalue weighted by atomic mass is 10.0. The van der Waals surface area contributed by atoms with E-state index in [1.165, 1.54) is 397 Å². The second-order valence-corrected chi connectivity index (χ2v) is 24.0. The van der Waals surface area contributed by atoms with E-state index in [1.54, 1.807) is 12.2 Å². The maximum absolute atomic E-state index is 10.5. The highest BCUT2D eigenvalue weighted by Crippen LogP contribution is 2.20. The Kier molecular flexibility index (Phi) is 66.1. The summed E-state index contributed by atoms with van der Waals surface area (Å²) in [6.45, 7) is 0. The fourth-order valence-corrected chi connectivity index (χ4v) is 11.5. The fraction of sp³-hybridized carbons (Fsp3) is 0.914. The standard InChI is InChI=1S/C70H134O4/c71-69(72)67-65-63-61-59-57-55-53-51-49-47-45-43-41-39-37-35-33-31-29-27-25-23-21-19-17-15-13-11-9-7-5-3-1-2-4-6-8-10-12-14-16-18-20-22-24-26-28-30-32-34-36-38-40-42-44-46-48-50-52-54-56-58-60-62-64-66-68-70(73)74/h65-68H,1-64H2,(H,71,72)(H,73,74). The average molecular weight is 1040 g/mol. The van der Waals surface area contributed by atoms with Crippen molar-refractivity contribution in [1.29, 1.82) is 0 Å². The maximum atomic E-state index is 10.5. The van der Waals surface area contributed by atoms with Gasteiger partial charge in [0.15, 0.2) is 0 Å². The summed E-state index contributed by atoms with van der Waals surface area (Å²) in [7, 11) is 0. The van der Waals surface area contributed by atoms with Crippen LogP contribution in [0.25, 0.3) is 0 Å². The molecule has 0 saturated heterocycles. The van der Waals surface area contributed by atoms with E-state index in [4.69, 9.17) is 10.2 Å². The minimum absolute atomic E-state index is 0.828. The summed E-state index contributed by atoms with van der Waals surface area (Å²) < 4.78 is 0. The van der Waals surface area contributed by atoms with Crippen LogP contribution in [0.1, 0.15) is 411 Å². The van der Waals surface area contributed by atoms with Crippen LogP contribution in [0.5, 0.6) is 0 Å². The van der Waals surface area contributed by atoms with Crippen molar-refractivity contribution < 1.29 is 19.8 Å². The molecular formula is C70H134O4. The van der Waals surface area contributed by atoms with Crippen LogP contribution in [0.2, 0.25) is 0 Å². The molecule has 0 atom stereocenters. The van der Waals surface area contributed by atoms with Crippen LogP contribution in [0, 0.1) is 0 Å². The molecular weight excluding hydrogens is 905 g/mol. The van der Waals surface area contributed by atoms with E-state index in [9.17, 15) is 9.59 Å². The minimum atomic E-state index is -0.828. The number of rotatable bonds is 67. The molecule has 0 radical (unpaired) electrons. The second kappa shape index (κ2) is 67.5. The van der Waals surface area contributed by atoms with Gasteiger partial charge < -0.3 is 10.2 Å². The number of aliphatic carboxylic acids is 2. The van der Waals surface area contributed by atoms with Gasteiger partial charge in [0.05, 0.1) is 0 Å². The van der Waals surface area contributed by atoms with E-state index in [0.717, 1.165) is 25.7 Å². The van der Waals surface area contributed by atoms with E-state index in [-0.39, 0.29) is 0 Å². The molecule has 0 aliphatic rings. The Morgan fingerprint density at radius 3 is 0.324 bits per heavy atom. The first-order valence-electron chi connectivity index (χ1n) is 34.4. The van der Waals surface area contributed by atoms with Crippen LogP contribution < -0.4 is 0 Å². The van der Waals surface area contributed by atoms with Crippen LogP contribution in [0.3, 0.4) is 0 Å². The van der Waals surface area contributed by atoms with Gasteiger partial charge in [0.2, 0.25) is 0 Å². The molecule has 0 aromatic rings. The predicted octanol–water partition coefficient (Wildman–Crippen LogP) is 25.2. The fourth-order valence-electron chi connectivity index (χ4n) is 11.5. The first-order chi connectivity index (χ1) is 36.6. The molecule has 0 rings (SSSR count). The van der Waals surface area contributed by atoms with Crippen molar-refractivity contribution in [3.05, 3.63) is 24.3 Å². The van der Waals surface area contributed by atoms with E-state index in [0.29, 0.717) is 0 Å². The molecule has 0 amide bonds. The molecule has 0 aromatic carbocycles. The third-order valence-electron chi connectivity index (χ3n) is 16.5. The van der Waals surface area contributed by atoms with E-state index in [1.807, 2.05) is 0 Å². The third-order valence-corrected chi connectivity index (χ3v) is 16.5. The number of unbranched alkanes of at least 4 members (excludes halogenated alkanes) is 63. The van der Waals surface area contributed by atoms with Crippen molar-refractivity contribution in [3.63, 3.8) is 0 Å². The summed E-state index contributed by atoms with van der Waals surface area (Å²) in [5.41, 5.74) is 0. The van der Waals surface area contributed by atoms with Gasteiger partial charge in [0.1, 0.15) is 0 Å². The number of carbonyl (C=O) groups is 2. The zero-order valence-corrected chi connectivity index (χ0v) is 50.3. The predicted molar refractivity (Wildman–Crippen MR) is 329 cm³/mol. The highest BCUT2D eigenvalue weighted by molar-refractivity contribution is 5.79. The number of hydrogen-bond donors (Lipinski definition) is 2. The van der Waals surface area contributed by atoms with Crippen LogP contribution in [0.15, 0.2) is 24.3 Å². The monoisotopic (exact) mass is 1040 g/mol. The molecule has 2 N–H and O–H groups in total. The zero-order valence-electron chi connectivity index (χ0n) is 50.3. The van der Waals surface area contributed by atoms with Crippen molar-refractivity contribution in [2.24, 2.45) is 0 Å². The summed E-state index contributed by atoms with van der Waals surface area (Å²) in [5, 5.41) is 17.2. The van der Waals surface area contributed by atoms with E-state index >= 15 is 0 Å². The number of carboxylic acids is 2. The zero-order chi connectivity index (χ0) is 53.2. The van der Waals surface area contributed by atoms with Crippen LogP contribution in [-0.2, 0) is 9.59 Å². The molecule has 438 valence electrons. The summed E-state index contributed by atoms with van der Waals surface area (Å²) >= 11 is 0. The molecule has 0 aliphatic carbocycles. The third kappa shape index (κ3) is 70.4. The lowest BCUT2D eigenvalue weighted by molar-refractivity contribution is -0.132. The molecule has 4 heteroatoms. The molecule has 0 fully saturated rings. The molecule has 0 heterocycles. The van der Waals surface area contributed by atoms with E-state index in [2.05, 4.69) is 0 Å². The van der Waals surface area contributed by atoms with Gasteiger partial charge in [-0.05, 0) is 25.7 Å². The largest absolute Gasteiger partial charge is 0.478 e. The lowest BCUT2D eigenvalue weighted by Crippen LogP contribution is -1.86. The molecule has 74 heavy (non-hydrogen) atoms. The van der Waals surface area contributed by atoms with Gasteiger partial charge in [0, 0.05) is 12.2 Å². The minimum Gasteiger partial charge on any atom is -0.478 e. The number of carboxylic acid groups (broad SMARTS) is 2. The molecule has 4 nitrogen and oxygen atoms in total. The van der Waals surface area contributed by atoms with E-state index < -0.39 is 11.9 Å². The number of hydrogen-bond acceptors (Lipinski definition) is 2. The second-order valence-electron chi connectivity index (χ2n) is 24.0. The maximum Gasteiger partial charge on any atom is 0.327 e. The van der Waals surface area contributed by atoms with Crippen molar-refractivity contribution in [2.45, 2.75) is 411 Å². The van der Waals surface area contributed by atoms with Crippen LogP contribution >= 0.6 is 0 Å². The number of allylic oxidation sites excluding steroid dienone is 2. The molecule has 0 spiro atoms. The lowest BCUT2D eigenvalue weighted by Gasteiger charge is -2.05. The Morgan fingerprint density at radius 1 is 0.162 bits per heavy atom. The summed E-state index contributed by atoms with van der Waals surface area (Å²) in [6.07, 6.45) is 96.9. The van der Waals surface area contributed by atoms with Crippen molar-refractivity contribution >= 4 is 11.9 Å². The van der Waals surface area contributed by atoms with Gasteiger partial charge in [-0.15, -0.1) is 0 Å². The van der Waals surface area contributed by atoms with Gasteiger partial charge in [0.25, 0.3) is 0 Å². The van der Waals surface area contributed by atoms with Crippen molar-refractivity contribution in [2.75, 3.05) is 0 Å². The first kappa shape index (κ1) is 72.4. The van der Waals surface area contributed by atoms with Gasteiger partial charge in [-0.3, -0.25) is 0 Å². The molecule has 0 aromatic heterocycles. The van der Waals surface area contributed by atoms with Gasteiger partial charge in [-0.25, -0.2) is 9.59 Å². The van der Waals surface area contributed by atoms with Gasteiger partial charge in [-0.2, -0.15) is 0 Å². The highest BCUT2D eigenvalue weighted by Gasteiger charge is 2.01. The van der Waals surface area contributed by atoms with Crippen molar-refractivity contribution in [1.82, 2.24) is 0 Å². The Labute approximate surface area is 464 Å². The quantitative estimate of drug-likeness (QED) is 0.0470. The van der Waals surface area contributed by atoms with Crippen molar-refractivity contribution in [3.8, 4) is 0 Å². The first-order valence-corrected chi connectivity index (χ1v) is 34.4. The van der Waals surface area contributed by atoms with Crippen LogP contribution in [0.4, 0.5) is 0 Å². The Balaban J connectivity index is 3.09. The normalized spacial score (nSPS) is 11.8. The topological polar surface area (TPSA) is 74.6 Å².